The van der Waals surface area contributed by atoms with Crippen LogP contribution >= 0.6 is 0 Å². The van der Waals surface area contributed by atoms with E-state index in [1.165, 1.54) is 0 Å². The molecule has 4 N–H and O–H groups in total. The van der Waals surface area contributed by atoms with E-state index in [1.807, 2.05) is 13.8 Å². The van der Waals surface area contributed by atoms with E-state index < -0.39 is 16.9 Å². The molecule has 0 spiro atoms. The second-order valence-electron chi connectivity index (χ2n) is 3.79. The normalized spacial score (nSPS) is 13.9. The number of nitrogens with zero attached hydrogens (tertiary/aromatic N) is 2. The topological polar surface area (TPSA) is 115 Å². The minimum atomic E-state index is -0.890. The maximum Gasteiger partial charge on any atom is 0.133 e. The van der Waals surface area contributed by atoms with Gasteiger partial charge in [-0.15, -0.1) is 0 Å². The van der Waals surface area contributed by atoms with Gasteiger partial charge in [-0.1, -0.05) is 13.8 Å². The lowest BCUT2D eigenvalue weighted by atomic mass is 10.1. The molecular weight excluding hydrogens is 236 g/mol. The molecule has 0 bridgehead atoms. The lowest BCUT2D eigenvalue weighted by Gasteiger charge is -2.19. The zero-order valence-electron chi connectivity index (χ0n) is 9.89. The van der Waals surface area contributed by atoms with Crippen LogP contribution in [0.4, 0.5) is 0 Å². The van der Waals surface area contributed by atoms with Crippen LogP contribution in [-0.4, -0.2) is 57.5 Å². The van der Waals surface area contributed by atoms with Crippen molar-refractivity contribution in [3.63, 3.8) is 0 Å². The molecule has 9 nitrogen and oxygen atoms in total. The number of hydrogen-bond donors (Lipinski definition) is 4. The molecule has 0 aliphatic carbocycles. The van der Waals surface area contributed by atoms with Gasteiger partial charge in [0.1, 0.15) is 12.7 Å². The lowest BCUT2D eigenvalue weighted by molar-refractivity contribution is -0.528. The smallest absolute Gasteiger partial charge is 0.133 e. The summed E-state index contributed by atoms with van der Waals surface area (Å²) in [6.45, 7) is 4.25. The zero-order valence-corrected chi connectivity index (χ0v) is 9.89. The summed E-state index contributed by atoms with van der Waals surface area (Å²) < 4.78 is 5.20. The SMILES string of the molecule is CC(C)CCOC[C@H](CON(O)O)ON(O)O. The Kier molecular flexibility index (Phi) is 9.44. The minimum absolute atomic E-state index is 0.0121. The van der Waals surface area contributed by atoms with E-state index in [-0.39, 0.29) is 13.2 Å². The number of hydrogen-bond acceptors (Lipinski definition) is 9. The van der Waals surface area contributed by atoms with E-state index in [4.69, 9.17) is 25.6 Å². The summed E-state index contributed by atoms with van der Waals surface area (Å²) in [5.41, 5.74) is 0. The first-order valence-electron chi connectivity index (χ1n) is 5.15. The highest BCUT2D eigenvalue weighted by Crippen LogP contribution is 2.02. The Labute approximate surface area is 99.1 Å². The fourth-order valence-corrected chi connectivity index (χ4v) is 0.926. The molecule has 0 fully saturated rings. The van der Waals surface area contributed by atoms with Crippen molar-refractivity contribution in [2.45, 2.75) is 26.4 Å². The molecule has 0 heterocycles. The lowest BCUT2D eigenvalue weighted by Crippen LogP contribution is -2.34. The maximum atomic E-state index is 8.45. The van der Waals surface area contributed by atoms with Gasteiger partial charge in [-0.25, -0.2) is 9.68 Å². The number of rotatable bonds is 10. The Bertz CT molecular complexity index is 179. The van der Waals surface area contributed by atoms with Crippen LogP contribution in [0.1, 0.15) is 20.3 Å². The van der Waals surface area contributed by atoms with Crippen molar-refractivity contribution in [1.82, 2.24) is 10.8 Å². The van der Waals surface area contributed by atoms with E-state index in [1.54, 1.807) is 0 Å². The van der Waals surface area contributed by atoms with Crippen molar-refractivity contribution < 1.29 is 35.2 Å². The molecule has 104 valence electrons. The van der Waals surface area contributed by atoms with Gasteiger partial charge in [-0.05, 0) is 12.3 Å². The summed E-state index contributed by atoms with van der Waals surface area (Å²) in [5, 5.41) is 32.5. The molecule has 0 amide bonds. The van der Waals surface area contributed by atoms with Gasteiger partial charge in [-0.2, -0.15) is 0 Å². The molecule has 1 atom stereocenters. The molecule has 0 saturated carbocycles. The summed E-state index contributed by atoms with van der Waals surface area (Å²) in [7, 11) is 0. The molecule has 0 saturated heterocycles. The molecule has 0 aliphatic heterocycles. The maximum absolute atomic E-state index is 8.45. The predicted octanol–water partition coefficient (Wildman–Crippen LogP) is 0.442. The molecule has 0 unspecified atom stereocenters. The van der Waals surface area contributed by atoms with E-state index >= 15 is 0 Å². The highest BCUT2D eigenvalue weighted by atomic mass is 17.1. The Balaban J connectivity index is 3.76. The summed E-state index contributed by atoms with van der Waals surface area (Å²) in [5.74, 6) is 0.489. The van der Waals surface area contributed by atoms with Gasteiger partial charge in [0.05, 0.1) is 17.4 Å². The molecule has 0 aromatic rings. The Hall–Kier alpha value is -0.360. The highest BCUT2D eigenvalue weighted by Gasteiger charge is 2.15. The van der Waals surface area contributed by atoms with Crippen molar-refractivity contribution in [2.24, 2.45) is 5.92 Å². The van der Waals surface area contributed by atoms with Gasteiger partial charge in [0.25, 0.3) is 0 Å². The van der Waals surface area contributed by atoms with Crippen molar-refractivity contribution in [2.75, 3.05) is 19.8 Å². The van der Waals surface area contributed by atoms with Crippen LogP contribution in [0, 0.1) is 5.92 Å². The van der Waals surface area contributed by atoms with Gasteiger partial charge in [-0.3, -0.25) is 20.8 Å². The largest absolute Gasteiger partial charge is 0.379 e. The van der Waals surface area contributed by atoms with Gasteiger partial charge in [0.2, 0.25) is 0 Å². The fraction of sp³-hybridized carbons (Fsp3) is 1.00. The summed E-state index contributed by atoms with van der Waals surface area (Å²) >= 11 is 0. The third-order valence-electron chi connectivity index (χ3n) is 1.76. The first kappa shape index (κ1) is 16.6. The Morgan fingerprint density at radius 1 is 1.00 bits per heavy atom. The summed E-state index contributed by atoms with van der Waals surface area (Å²) in [4.78, 5) is 8.73. The minimum Gasteiger partial charge on any atom is -0.379 e. The van der Waals surface area contributed by atoms with Crippen molar-refractivity contribution in [3.8, 4) is 0 Å². The zero-order chi connectivity index (χ0) is 13.3. The molecule has 0 aromatic carbocycles. The third kappa shape index (κ3) is 11.9. The van der Waals surface area contributed by atoms with E-state index in [9.17, 15) is 0 Å². The quantitative estimate of drug-likeness (QED) is 0.326. The van der Waals surface area contributed by atoms with Crippen molar-refractivity contribution in [3.05, 3.63) is 0 Å². The van der Waals surface area contributed by atoms with Crippen molar-refractivity contribution >= 4 is 0 Å². The molecular formula is C8H20N2O7. The van der Waals surface area contributed by atoms with Gasteiger partial charge >= 0.3 is 0 Å². The first-order chi connectivity index (χ1) is 7.91. The van der Waals surface area contributed by atoms with E-state index in [0.29, 0.717) is 12.5 Å². The van der Waals surface area contributed by atoms with Gasteiger partial charge in [0, 0.05) is 6.61 Å². The van der Waals surface area contributed by atoms with Crippen LogP contribution in [-0.2, 0) is 14.4 Å². The molecule has 0 rings (SSSR count). The average Bonchev–Trinajstić information content (AvgIpc) is 2.19. The van der Waals surface area contributed by atoms with Gasteiger partial charge < -0.3 is 4.74 Å². The molecule has 0 aromatic heterocycles. The van der Waals surface area contributed by atoms with Crippen LogP contribution in [0.15, 0.2) is 0 Å². The van der Waals surface area contributed by atoms with E-state index in [2.05, 4.69) is 9.68 Å². The standard InChI is InChI=1S/C8H20N2O7/c1-7(2)3-4-15-5-8(17-10(13)14)6-16-9(11)12/h7-8,11-14H,3-6H2,1-2H3/t8-/m1/s1. The van der Waals surface area contributed by atoms with Crippen LogP contribution < -0.4 is 0 Å². The predicted molar refractivity (Wildman–Crippen MR) is 51.9 cm³/mol. The third-order valence-corrected chi connectivity index (χ3v) is 1.76. The molecule has 0 radical (unpaired) electrons. The van der Waals surface area contributed by atoms with Crippen LogP contribution in [0.3, 0.4) is 0 Å². The average molecular weight is 256 g/mol. The van der Waals surface area contributed by atoms with Crippen LogP contribution in [0.25, 0.3) is 0 Å². The molecule has 9 heteroatoms. The monoisotopic (exact) mass is 256 g/mol. The molecule has 17 heavy (non-hydrogen) atoms. The molecule has 0 aliphatic rings. The van der Waals surface area contributed by atoms with Crippen LogP contribution in [0.2, 0.25) is 0 Å². The summed E-state index contributed by atoms with van der Waals surface area (Å²) in [6, 6.07) is 0. The second kappa shape index (κ2) is 9.65. The second-order valence-corrected chi connectivity index (χ2v) is 3.79. The first-order valence-corrected chi connectivity index (χ1v) is 5.15. The number of ether oxygens (including phenoxy) is 1. The Morgan fingerprint density at radius 2 is 1.65 bits per heavy atom. The summed E-state index contributed by atoms with van der Waals surface area (Å²) in [6.07, 6.45) is -0.0410. The Morgan fingerprint density at radius 3 is 2.12 bits per heavy atom. The van der Waals surface area contributed by atoms with E-state index in [0.717, 1.165) is 6.42 Å². The van der Waals surface area contributed by atoms with Gasteiger partial charge in [0.15, 0.2) is 0 Å². The fourth-order valence-electron chi connectivity index (χ4n) is 0.926. The highest BCUT2D eigenvalue weighted by molar-refractivity contribution is 4.53. The van der Waals surface area contributed by atoms with Crippen molar-refractivity contribution in [1.29, 1.82) is 0 Å². The van der Waals surface area contributed by atoms with Crippen LogP contribution in [0.5, 0.6) is 0 Å².